The molecule has 0 amide bonds. The van der Waals surface area contributed by atoms with Gasteiger partial charge in [0.05, 0.1) is 6.04 Å². The molecule has 0 bridgehead atoms. The summed E-state index contributed by atoms with van der Waals surface area (Å²) in [6.07, 6.45) is 0. The van der Waals surface area contributed by atoms with E-state index in [1.165, 1.54) is 6.07 Å². The third kappa shape index (κ3) is 3.60. The Morgan fingerprint density at radius 1 is 1.25 bits per heavy atom. The minimum atomic E-state index is -0.226. The molecule has 2 rings (SSSR count). The van der Waals surface area contributed by atoms with E-state index >= 15 is 0 Å². The van der Waals surface area contributed by atoms with Gasteiger partial charge in [-0.05, 0) is 54.4 Å². The normalized spacial score (nSPS) is 12.4. The Labute approximate surface area is 132 Å². The molecule has 1 N–H and O–H groups in total. The Kier molecular flexibility index (Phi) is 5.19. The van der Waals surface area contributed by atoms with Gasteiger partial charge in [-0.25, -0.2) is 4.39 Å². The van der Waals surface area contributed by atoms with Crippen molar-refractivity contribution < 1.29 is 4.39 Å². The van der Waals surface area contributed by atoms with Crippen molar-refractivity contribution in [1.29, 1.82) is 0 Å². The number of hydrogen-bond acceptors (Lipinski definition) is 1. The van der Waals surface area contributed by atoms with Gasteiger partial charge in [-0.3, -0.25) is 0 Å². The largest absolute Gasteiger partial charge is 0.306 e. The van der Waals surface area contributed by atoms with Crippen molar-refractivity contribution in [3.63, 3.8) is 0 Å². The Morgan fingerprint density at radius 3 is 2.60 bits per heavy atom. The lowest BCUT2D eigenvalue weighted by Crippen LogP contribution is -2.22. The summed E-state index contributed by atoms with van der Waals surface area (Å²) in [6.45, 7) is 4.68. The van der Waals surface area contributed by atoms with Gasteiger partial charge in [0.1, 0.15) is 5.82 Å². The second-order valence-electron chi connectivity index (χ2n) is 4.72. The van der Waals surface area contributed by atoms with Crippen LogP contribution in [-0.2, 0) is 0 Å². The second kappa shape index (κ2) is 6.70. The molecule has 20 heavy (non-hydrogen) atoms. The molecule has 106 valence electrons. The van der Waals surface area contributed by atoms with E-state index in [1.54, 1.807) is 6.07 Å². The highest BCUT2D eigenvalue weighted by atomic mass is 79.9. The summed E-state index contributed by atoms with van der Waals surface area (Å²) in [5, 5.41) is 4.02. The molecule has 0 saturated carbocycles. The molecule has 0 spiro atoms. The molecular formula is C16H16BrClFN. The molecule has 4 heteroatoms. The molecule has 0 radical (unpaired) electrons. The lowest BCUT2D eigenvalue weighted by Gasteiger charge is -2.21. The van der Waals surface area contributed by atoms with Crippen LogP contribution in [0.3, 0.4) is 0 Å². The van der Waals surface area contributed by atoms with Crippen LogP contribution in [0.2, 0.25) is 5.02 Å². The first-order chi connectivity index (χ1) is 9.51. The van der Waals surface area contributed by atoms with Crippen LogP contribution >= 0.6 is 27.5 Å². The average Bonchev–Trinajstić information content (AvgIpc) is 2.35. The number of benzene rings is 2. The van der Waals surface area contributed by atoms with Crippen LogP contribution in [0.5, 0.6) is 0 Å². The monoisotopic (exact) mass is 355 g/mol. The number of rotatable bonds is 4. The zero-order valence-corrected chi connectivity index (χ0v) is 13.7. The highest BCUT2D eigenvalue weighted by molar-refractivity contribution is 9.10. The van der Waals surface area contributed by atoms with E-state index in [4.69, 9.17) is 11.6 Å². The van der Waals surface area contributed by atoms with Crippen LogP contribution < -0.4 is 5.32 Å². The van der Waals surface area contributed by atoms with Crippen molar-refractivity contribution in [2.45, 2.75) is 19.9 Å². The minimum absolute atomic E-state index is 0.116. The van der Waals surface area contributed by atoms with Gasteiger partial charge in [-0.2, -0.15) is 0 Å². The van der Waals surface area contributed by atoms with Crippen molar-refractivity contribution in [2.75, 3.05) is 6.54 Å². The third-order valence-corrected chi connectivity index (χ3v) is 3.90. The van der Waals surface area contributed by atoms with E-state index in [2.05, 4.69) is 21.2 Å². The fourth-order valence-electron chi connectivity index (χ4n) is 2.28. The van der Waals surface area contributed by atoms with Gasteiger partial charge in [-0.1, -0.05) is 46.6 Å². The number of nitrogens with one attached hydrogen (secondary N) is 1. The Morgan fingerprint density at radius 2 is 2.00 bits per heavy atom. The second-order valence-corrected chi connectivity index (χ2v) is 6.04. The van der Waals surface area contributed by atoms with Crippen LogP contribution in [0, 0.1) is 12.7 Å². The van der Waals surface area contributed by atoms with Crippen molar-refractivity contribution in [3.8, 4) is 0 Å². The predicted octanol–water partition coefficient (Wildman–Crippen LogP) is 5.25. The van der Waals surface area contributed by atoms with Gasteiger partial charge in [0, 0.05) is 9.50 Å². The molecule has 0 fully saturated rings. The molecule has 0 aromatic heterocycles. The van der Waals surface area contributed by atoms with E-state index in [-0.39, 0.29) is 11.9 Å². The highest BCUT2D eigenvalue weighted by Gasteiger charge is 2.17. The molecule has 0 aliphatic heterocycles. The molecule has 1 nitrogen and oxygen atoms in total. The molecular weight excluding hydrogens is 341 g/mol. The summed E-state index contributed by atoms with van der Waals surface area (Å²) in [6, 6.07) is 10.7. The maximum absolute atomic E-state index is 13.6. The molecule has 2 aromatic rings. The SMILES string of the molecule is CCNC(c1cc(C)cc(F)c1)c1ccc(Br)cc1Cl. The molecule has 0 heterocycles. The summed E-state index contributed by atoms with van der Waals surface area (Å²) in [4.78, 5) is 0. The minimum Gasteiger partial charge on any atom is -0.306 e. The van der Waals surface area contributed by atoms with E-state index in [9.17, 15) is 4.39 Å². The third-order valence-electron chi connectivity index (χ3n) is 3.08. The predicted molar refractivity (Wildman–Crippen MR) is 85.8 cm³/mol. The smallest absolute Gasteiger partial charge is 0.123 e. The van der Waals surface area contributed by atoms with Gasteiger partial charge in [0.25, 0.3) is 0 Å². The van der Waals surface area contributed by atoms with Gasteiger partial charge < -0.3 is 5.32 Å². The lowest BCUT2D eigenvalue weighted by molar-refractivity contribution is 0.602. The van der Waals surface area contributed by atoms with Crippen LogP contribution in [-0.4, -0.2) is 6.54 Å². The summed E-state index contributed by atoms with van der Waals surface area (Å²) >= 11 is 9.72. The zero-order chi connectivity index (χ0) is 14.7. The van der Waals surface area contributed by atoms with E-state index < -0.39 is 0 Å². The fraction of sp³-hybridized carbons (Fsp3) is 0.250. The molecule has 1 atom stereocenters. The van der Waals surface area contributed by atoms with Gasteiger partial charge >= 0.3 is 0 Å². The summed E-state index contributed by atoms with van der Waals surface area (Å²) < 4.78 is 14.6. The number of aryl methyl sites for hydroxylation is 1. The maximum atomic E-state index is 13.6. The average molecular weight is 357 g/mol. The van der Waals surface area contributed by atoms with Crippen LogP contribution in [0.4, 0.5) is 4.39 Å². The van der Waals surface area contributed by atoms with Gasteiger partial charge in [-0.15, -0.1) is 0 Å². The lowest BCUT2D eigenvalue weighted by atomic mass is 9.97. The van der Waals surface area contributed by atoms with Crippen molar-refractivity contribution in [3.05, 3.63) is 68.4 Å². The van der Waals surface area contributed by atoms with Gasteiger partial charge in [0.15, 0.2) is 0 Å². The van der Waals surface area contributed by atoms with E-state index in [1.807, 2.05) is 38.1 Å². The first-order valence-electron chi connectivity index (χ1n) is 6.46. The molecule has 0 aliphatic carbocycles. The summed E-state index contributed by atoms with van der Waals surface area (Å²) in [5.74, 6) is -0.226. The standard InChI is InChI=1S/C16H16BrClFN/c1-3-20-16(11-6-10(2)7-13(19)8-11)14-5-4-12(17)9-15(14)18/h4-9,16,20H,3H2,1-2H3. The molecule has 0 saturated heterocycles. The highest BCUT2D eigenvalue weighted by Crippen LogP contribution is 2.31. The van der Waals surface area contributed by atoms with Gasteiger partial charge in [0.2, 0.25) is 0 Å². The quantitative estimate of drug-likeness (QED) is 0.789. The van der Waals surface area contributed by atoms with Crippen LogP contribution in [0.25, 0.3) is 0 Å². The summed E-state index contributed by atoms with van der Waals surface area (Å²) in [7, 11) is 0. The summed E-state index contributed by atoms with van der Waals surface area (Å²) in [5.41, 5.74) is 2.73. The fourth-order valence-corrected chi connectivity index (χ4v) is 3.06. The number of hydrogen-bond donors (Lipinski definition) is 1. The van der Waals surface area contributed by atoms with Crippen molar-refractivity contribution in [2.24, 2.45) is 0 Å². The first-order valence-corrected chi connectivity index (χ1v) is 7.63. The Bertz CT molecular complexity index is 595. The maximum Gasteiger partial charge on any atom is 0.123 e. The molecule has 2 aromatic carbocycles. The number of halogens is 3. The molecule has 0 aliphatic rings. The van der Waals surface area contributed by atoms with Crippen LogP contribution in [0.15, 0.2) is 40.9 Å². The van der Waals surface area contributed by atoms with Crippen molar-refractivity contribution in [1.82, 2.24) is 5.32 Å². The Hall–Kier alpha value is -0.900. The van der Waals surface area contributed by atoms with E-state index in [0.29, 0.717) is 5.02 Å². The Balaban J connectivity index is 2.49. The van der Waals surface area contributed by atoms with Crippen molar-refractivity contribution >= 4 is 27.5 Å². The van der Waals surface area contributed by atoms with Crippen LogP contribution in [0.1, 0.15) is 29.7 Å². The first kappa shape index (κ1) is 15.5. The zero-order valence-electron chi connectivity index (χ0n) is 11.4. The topological polar surface area (TPSA) is 12.0 Å². The van der Waals surface area contributed by atoms with E-state index in [0.717, 1.165) is 27.7 Å². The molecule has 1 unspecified atom stereocenters.